The average Bonchev–Trinajstić information content (AvgIpc) is 2.82. The third-order valence-corrected chi connectivity index (χ3v) is 6.81. The average molecular weight is 735 g/mol. The van der Waals surface area contributed by atoms with E-state index in [9.17, 15) is 44.3 Å². The van der Waals surface area contributed by atoms with Crippen molar-refractivity contribution in [1.82, 2.24) is 0 Å². The van der Waals surface area contributed by atoms with Gasteiger partial charge in [-0.3, -0.25) is 12.9 Å². The number of nitrogens with zero attached hydrogens (tertiary/aromatic N) is 2. The summed E-state index contributed by atoms with van der Waals surface area (Å²) >= 11 is 5.84. The second-order valence-corrected chi connectivity index (χ2v) is 11.7. The van der Waals surface area contributed by atoms with Gasteiger partial charge >= 0.3 is 99.1 Å². The molecule has 1 aliphatic heterocycles. The van der Waals surface area contributed by atoms with Crippen molar-refractivity contribution in [3.05, 3.63) is 34.9 Å². The number of benzene rings is 1. The molecule has 0 aromatic heterocycles. The summed E-state index contributed by atoms with van der Waals surface area (Å²) in [5.74, 6) is -1.62. The fourth-order valence-corrected chi connectivity index (χ4v) is 5.24. The van der Waals surface area contributed by atoms with Crippen LogP contribution in [0.4, 0.5) is 0 Å². The van der Waals surface area contributed by atoms with E-state index in [0.29, 0.717) is 10.6 Å². The van der Waals surface area contributed by atoms with E-state index in [-0.39, 0.29) is 102 Å². The molecule has 6 atom stereocenters. The van der Waals surface area contributed by atoms with Crippen molar-refractivity contribution in [2.45, 2.75) is 44.1 Å². The molecule has 18 nitrogen and oxygen atoms in total. The Hall–Kier alpha value is 0.890. The number of isocyanates is 1. The smallest absolute Gasteiger partial charge is 0.862 e. The minimum absolute atomic E-state index is 0. The van der Waals surface area contributed by atoms with Crippen molar-refractivity contribution in [3.8, 4) is 0 Å². The van der Waals surface area contributed by atoms with E-state index in [1.807, 2.05) is 0 Å². The van der Waals surface area contributed by atoms with Gasteiger partial charge in [-0.2, -0.15) is 8.42 Å². The maximum Gasteiger partial charge on any atom is 1.00 e. The zero-order valence-electron chi connectivity index (χ0n) is 23.7. The van der Waals surface area contributed by atoms with Crippen LogP contribution in [0, 0.1) is 5.92 Å². The van der Waals surface area contributed by atoms with Crippen LogP contribution in [0.2, 0.25) is 5.02 Å². The van der Waals surface area contributed by atoms with Gasteiger partial charge < -0.3 is 28.7 Å². The van der Waals surface area contributed by atoms with Gasteiger partial charge in [0.15, 0.2) is 12.4 Å². The minimum atomic E-state index is -5.73. The number of rotatable bonds is 15. The molecule has 0 saturated carbocycles. The maximum absolute atomic E-state index is 12.6. The van der Waals surface area contributed by atoms with Crippen molar-refractivity contribution in [3.63, 3.8) is 0 Å². The normalized spacial score (nSPS) is 23.2. The Labute approximate surface area is 325 Å². The SMILES string of the molecule is C[C@@H]1O[C@@H](OCCN=C([O-])C(CN=C=O)Cc2ccc(Cl)cc2)[C@@H](OS(=O)(=O)O)[C@H](OS(=O)(=O)[O-])[C@@H]1OS(=O)(=O)[O-].[Na+].[Na+].[Na+]. The minimum Gasteiger partial charge on any atom is -0.862 e. The standard InChI is InChI=1S/C19H25ClN2O16S3.3Na/c1-11-15(36-39(25,26)27)16(37-40(28,29)30)17(38-41(31,32)33)19(35-11)34-7-6-22-18(24)13(9-21-10-23)8-12-2-4-14(20)5-3-12;;;/h2-5,11,13,15-17,19H,6-9H2,1H3,(H,22,24)(H,25,26,27)(H,28,29,30)(H,31,32,33);;;/q;3*+1/p-3/t11-,13?,15+,16+,17-,19+;;;/m0.../s1. The van der Waals surface area contributed by atoms with E-state index in [0.717, 1.165) is 6.92 Å². The zero-order chi connectivity index (χ0) is 31.0. The molecule has 0 spiro atoms. The van der Waals surface area contributed by atoms with Gasteiger partial charge in [-0.1, -0.05) is 23.7 Å². The Bertz CT molecular complexity index is 1440. The van der Waals surface area contributed by atoms with Gasteiger partial charge in [0.2, 0.25) is 26.9 Å². The molecule has 1 aromatic rings. The summed E-state index contributed by atoms with van der Waals surface area (Å²) in [7, 11) is -16.8. The summed E-state index contributed by atoms with van der Waals surface area (Å²) in [4.78, 5) is 17.7. The predicted octanol–water partition coefficient (Wildman–Crippen LogP) is -10.8. The molecule has 1 aromatic carbocycles. The van der Waals surface area contributed by atoms with Crippen LogP contribution in [0.25, 0.3) is 0 Å². The van der Waals surface area contributed by atoms with Crippen LogP contribution in [0.5, 0.6) is 0 Å². The van der Waals surface area contributed by atoms with E-state index >= 15 is 0 Å². The van der Waals surface area contributed by atoms with Gasteiger partial charge in [0, 0.05) is 10.9 Å². The van der Waals surface area contributed by atoms with E-state index in [1.165, 1.54) is 6.08 Å². The Morgan fingerprint density at radius 2 is 1.55 bits per heavy atom. The van der Waals surface area contributed by atoms with E-state index in [4.69, 9.17) is 25.6 Å². The van der Waals surface area contributed by atoms with E-state index in [2.05, 4.69) is 22.5 Å². The van der Waals surface area contributed by atoms with Crippen LogP contribution < -0.4 is 93.8 Å². The van der Waals surface area contributed by atoms with Gasteiger partial charge in [-0.05, 0) is 36.9 Å². The molecular weight excluding hydrogens is 713 g/mol. The van der Waals surface area contributed by atoms with Crippen LogP contribution in [0.1, 0.15) is 12.5 Å². The number of ether oxygens (including phenoxy) is 2. The maximum atomic E-state index is 12.6. The number of hydrogen-bond acceptors (Lipinski definition) is 17. The molecule has 0 aliphatic carbocycles. The van der Waals surface area contributed by atoms with Gasteiger partial charge in [0.25, 0.3) is 0 Å². The predicted molar refractivity (Wildman–Crippen MR) is 130 cm³/mol. The molecule has 0 radical (unpaired) electrons. The molecule has 232 valence electrons. The molecular formula is C19H22ClN2Na3O16S3. The summed E-state index contributed by atoms with van der Waals surface area (Å²) in [6.45, 7) is -0.239. The summed E-state index contributed by atoms with van der Waals surface area (Å²) in [6, 6.07) is 6.45. The molecule has 25 heteroatoms. The largest absolute Gasteiger partial charge is 1.00 e. The first-order chi connectivity index (χ1) is 18.9. The molecule has 1 fully saturated rings. The van der Waals surface area contributed by atoms with Gasteiger partial charge in [-0.25, -0.2) is 30.8 Å². The molecule has 1 N–H and O–H groups in total. The van der Waals surface area contributed by atoms with Gasteiger partial charge in [0.1, 0.15) is 12.2 Å². The Morgan fingerprint density at radius 3 is 2.05 bits per heavy atom. The fraction of sp³-hybridized carbons (Fsp3) is 0.579. The van der Waals surface area contributed by atoms with Crippen LogP contribution in [-0.2, 0) is 64.4 Å². The van der Waals surface area contributed by atoms with Crippen molar-refractivity contribution in [2.75, 3.05) is 19.7 Å². The monoisotopic (exact) mass is 734 g/mol. The van der Waals surface area contributed by atoms with Crippen LogP contribution in [0.3, 0.4) is 0 Å². The molecule has 1 unspecified atom stereocenters. The molecule has 1 aliphatic rings. The molecule has 1 saturated heterocycles. The van der Waals surface area contributed by atoms with E-state index < -0.39 is 86.9 Å². The third-order valence-electron chi connectivity index (χ3n) is 5.18. The molecule has 1 heterocycles. The quantitative estimate of drug-likeness (QED) is 0.0333. The summed E-state index contributed by atoms with van der Waals surface area (Å²) < 4.78 is 122. The molecule has 44 heavy (non-hydrogen) atoms. The summed E-state index contributed by atoms with van der Waals surface area (Å²) in [5, 5.41) is 13.1. The second-order valence-electron chi connectivity index (χ2n) is 8.19. The van der Waals surface area contributed by atoms with Crippen molar-refractivity contribution in [2.24, 2.45) is 15.9 Å². The van der Waals surface area contributed by atoms with Crippen LogP contribution in [-0.4, -0.2) is 101 Å². The van der Waals surface area contributed by atoms with Crippen molar-refractivity contribution in [1.29, 1.82) is 0 Å². The van der Waals surface area contributed by atoms with E-state index in [1.54, 1.807) is 24.3 Å². The fourth-order valence-electron chi connectivity index (χ4n) is 3.60. The summed E-state index contributed by atoms with van der Waals surface area (Å²) in [6.07, 6.45) is -9.37. The van der Waals surface area contributed by atoms with Crippen molar-refractivity contribution >= 4 is 54.8 Å². The first kappa shape index (κ1) is 47.0. The number of aliphatic imine (C=N–C) groups is 2. The van der Waals surface area contributed by atoms with Crippen molar-refractivity contribution < 1.29 is 160 Å². The number of halogens is 1. The molecule has 2 rings (SSSR count). The van der Waals surface area contributed by atoms with Gasteiger partial charge in [-0.15, -0.1) is 0 Å². The topological polar surface area (TPSA) is 280 Å². The Kier molecular flexibility index (Phi) is 22.5. The van der Waals surface area contributed by atoms with Gasteiger partial charge in [0.05, 0.1) is 25.8 Å². The first-order valence-corrected chi connectivity index (χ1v) is 15.5. The van der Waals surface area contributed by atoms with Crippen LogP contribution in [0.15, 0.2) is 34.3 Å². The molecule has 0 bridgehead atoms. The first-order valence-electron chi connectivity index (χ1n) is 11.1. The third kappa shape index (κ3) is 17.9. The molecule has 0 amide bonds. The summed E-state index contributed by atoms with van der Waals surface area (Å²) in [5.41, 5.74) is 0.673. The Balaban J connectivity index is 0. The second kappa shape index (κ2) is 21.1. The number of carbonyl (C=O) groups excluding carboxylic acids is 1. The Morgan fingerprint density at radius 1 is 1.00 bits per heavy atom. The number of hydrogen-bond donors (Lipinski definition) is 1. The van der Waals surface area contributed by atoms with Crippen LogP contribution >= 0.6 is 11.6 Å². The zero-order valence-corrected chi connectivity index (χ0v) is 32.9.